The van der Waals surface area contributed by atoms with E-state index in [-0.39, 0.29) is 24.0 Å². The molecule has 0 aromatic heterocycles. The van der Waals surface area contributed by atoms with Gasteiger partial charge in [0, 0.05) is 52.1 Å². The molecule has 1 aliphatic heterocycles. The average molecular weight is 486 g/mol. The molecule has 1 heterocycles. The van der Waals surface area contributed by atoms with Gasteiger partial charge in [0.1, 0.15) is 0 Å². The van der Waals surface area contributed by atoms with Crippen molar-refractivity contribution in [3.05, 3.63) is 29.8 Å². The van der Waals surface area contributed by atoms with E-state index in [1.54, 1.807) is 7.11 Å². The molecule has 5 nitrogen and oxygen atoms in total. The van der Waals surface area contributed by atoms with Gasteiger partial charge in [-0.05, 0) is 49.7 Å². The number of halogens is 1. The van der Waals surface area contributed by atoms with Gasteiger partial charge in [0.2, 0.25) is 0 Å². The molecule has 0 saturated heterocycles. The third-order valence-electron chi connectivity index (χ3n) is 6.13. The van der Waals surface area contributed by atoms with Crippen molar-refractivity contribution in [2.45, 2.75) is 45.1 Å². The predicted octanol–water partition coefficient (Wildman–Crippen LogP) is 3.43. The molecule has 6 heteroatoms. The lowest BCUT2D eigenvalue weighted by atomic mass is 9.67. The molecule has 1 aliphatic carbocycles. The fourth-order valence-electron chi connectivity index (χ4n) is 4.18. The maximum atomic E-state index is 5.29. The van der Waals surface area contributed by atoms with Crippen molar-refractivity contribution < 1.29 is 4.74 Å². The van der Waals surface area contributed by atoms with Gasteiger partial charge in [0.05, 0.1) is 0 Å². The van der Waals surface area contributed by atoms with Crippen LogP contribution < -0.4 is 15.5 Å². The summed E-state index contributed by atoms with van der Waals surface area (Å²) in [4.78, 5) is 6.92. The Kier molecular flexibility index (Phi) is 8.66. The molecular formula is C21H35IN4O. The largest absolute Gasteiger partial charge is 0.385 e. The van der Waals surface area contributed by atoms with Gasteiger partial charge in [-0.15, -0.1) is 24.0 Å². The van der Waals surface area contributed by atoms with Crippen LogP contribution >= 0.6 is 24.0 Å². The van der Waals surface area contributed by atoms with Gasteiger partial charge in [-0.2, -0.15) is 0 Å². The Hall–Kier alpha value is -1.02. The number of rotatable bonds is 8. The Bertz CT molecular complexity index is 618. The van der Waals surface area contributed by atoms with E-state index < -0.39 is 0 Å². The van der Waals surface area contributed by atoms with Crippen LogP contribution in [0.2, 0.25) is 0 Å². The summed E-state index contributed by atoms with van der Waals surface area (Å²) in [7, 11) is 3.64. The van der Waals surface area contributed by atoms with Crippen LogP contribution in [-0.2, 0) is 11.2 Å². The minimum atomic E-state index is 0. The molecule has 0 amide bonds. The van der Waals surface area contributed by atoms with E-state index in [9.17, 15) is 0 Å². The third kappa shape index (κ3) is 5.50. The van der Waals surface area contributed by atoms with Crippen molar-refractivity contribution in [2.75, 3.05) is 45.3 Å². The normalized spacial score (nSPS) is 18.9. The zero-order valence-electron chi connectivity index (χ0n) is 17.0. The highest BCUT2D eigenvalue weighted by molar-refractivity contribution is 14.0. The highest BCUT2D eigenvalue weighted by atomic mass is 127. The molecule has 2 aliphatic rings. The summed E-state index contributed by atoms with van der Waals surface area (Å²) in [5.41, 5.74) is 3.25. The Morgan fingerprint density at radius 2 is 2.07 bits per heavy atom. The van der Waals surface area contributed by atoms with Gasteiger partial charge < -0.3 is 20.3 Å². The first-order valence-corrected chi connectivity index (χ1v) is 9.95. The highest BCUT2D eigenvalue weighted by Crippen LogP contribution is 2.43. The second-order valence-electron chi connectivity index (χ2n) is 7.82. The SMILES string of the molecule is CN=C(NCC(C)N1CCc2ccccc21)NCC1(CCOC)CCC1.I. The van der Waals surface area contributed by atoms with E-state index in [0.29, 0.717) is 11.5 Å². The van der Waals surface area contributed by atoms with E-state index in [0.717, 1.165) is 45.0 Å². The van der Waals surface area contributed by atoms with Gasteiger partial charge in [-0.25, -0.2) is 0 Å². The number of fused-ring (bicyclic) bond motifs is 1. The molecule has 1 aromatic rings. The first-order chi connectivity index (χ1) is 12.7. The molecule has 0 radical (unpaired) electrons. The lowest BCUT2D eigenvalue weighted by Crippen LogP contribution is -2.49. The molecule has 1 atom stereocenters. The van der Waals surface area contributed by atoms with Gasteiger partial charge in [0.25, 0.3) is 0 Å². The quantitative estimate of drug-likeness (QED) is 0.336. The minimum Gasteiger partial charge on any atom is -0.385 e. The number of nitrogens with one attached hydrogen (secondary N) is 2. The molecule has 1 aromatic carbocycles. The number of methoxy groups -OCH3 is 1. The Morgan fingerprint density at radius 1 is 1.30 bits per heavy atom. The van der Waals surface area contributed by atoms with Crippen LogP contribution in [0, 0.1) is 5.41 Å². The minimum absolute atomic E-state index is 0. The maximum Gasteiger partial charge on any atom is 0.191 e. The molecule has 0 spiro atoms. The molecule has 1 unspecified atom stereocenters. The summed E-state index contributed by atoms with van der Waals surface area (Å²) in [6.45, 7) is 6.11. The molecule has 1 fully saturated rings. The summed E-state index contributed by atoms with van der Waals surface area (Å²) in [5, 5.41) is 7.07. The zero-order chi connectivity index (χ0) is 18.4. The number of hydrogen-bond acceptors (Lipinski definition) is 3. The monoisotopic (exact) mass is 486 g/mol. The number of benzene rings is 1. The topological polar surface area (TPSA) is 48.9 Å². The van der Waals surface area contributed by atoms with E-state index in [2.05, 4.69) is 51.7 Å². The van der Waals surface area contributed by atoms with Crippen molar-refractivity contribution in [3.63, 3.8) is 0 Å². The second-order valence-corrected chi connectivity index (χ2v) is 7.82. The molecule has 152 valence electrons. The highest BCUT2D eigenvalue weighted by Gasteiger charge is 2.36. The van der Waals surface area contributed by atoms with Crippen LogP contribution in [0.1, 0.15) is 38.2 Å². The number of nitrogens with zero attached hydrogens (tertiary/aromatic N) is 2. The number of aliphatic imine (C=N–C) groups is 1. The van der Waals surface area contributed by atoms with E-state index in [1.807, 2.05) is 7.05 Å². The van der Waals surface area contributed by atoms with Crippen molar-refractivity contribution in [2.24, 2.45) is 10.4 Å². The fraction of sp³-hybridized carbons (Fsp3) is 0.667. The molecular weight excluding hydrogens is 451 g/mol. The number of guanidine groups is 1. The van der Waals surface area contributed by atoms with Crippen LogP contribution in [-0.4, -0.2) is 52.4 Å². The van der Waals surface area contributed by atoms with Gasteiger partial charge in [0.15, 0.2) is 5.96 Å². The summed E-state index contributed by atoms with van der Waals surface area (Å²) in [6.07, 6.45) is 6.20. The van der Waals surface area contributed by atoms with Crippen molar-refractivity contribution in [3.8, 4) is 0 Å². The zero-order valence-corrected chi connectivity index (χ0v) is 19.3. The molecule has 27 heavy (non-hydrogen) atoms. The number of hydrogen-bond donors (Lipinski definition) is 2. The number of ether oxygens (including phenoxy) is 1. The molecule has 2 N–H and O–H groups in total. The first kappa shape index (κ1) is 22.3. The van der Waals surface area contributed by atoms with Crippen LogP contribution in [0.15, 0.2) is 29.3 Å². The van der Waals surface area contributed by atoms with E-state index in [4.69, 9.17) is 4.74 Å². The smallest absolute Gasteiger partial charge is 0.191 e. The van der Waals surface area contributed by atoms with E-state index >= 15 is 0 Å². The van der Waals surface area contributed by atoms with Crippen LogP contribution in [0.5, 0.6) is 0 Å². The standard InChI is InChI=1S/C21H34N4O.HI/c1-17(25-13-9-18-7-4-5-8-19(18)25)15-23-20(22-2)24-16-21(10-6-11-21)12-14-26-3;/h4-5,7-8,17H,6,9-16H2,1-3H3,(H2,22,23,24);1H. The van der Waals surface area contributed by atoms with Crippen molar-refractivity contribution >= 4 is 35.6 Å². The van der Waals surface area contributed by atoms with Crippen LogP contribution in [0.4, 0.5) is 5.69 Å². The van der Waals surface area contributed by atoms with Crippen LogP contribution in [0.3, 0.4) is 0 Å². The third-order valence-corrected chi connectivity index (χ3v) is 6.13. The molecule has 1 saturated carbocycles. The number of para-hydroxylation sites is 1. The lowest BCUT2D eigenvalue weighted by Gasteiger charge is -2.42. The maximum absolute atomic E-state index is 5.29. The Balaban J connectivity index is 0.00000261. The first-order valence-electron chi connectivity index (χ1n) is 9.95. The average Bonchev–Trinajstić information content (AvgIpc) is 3.07. The predicted molar refractivity (Wildman–Crippen MR) is 125 cm³/mol. The molecule has 3 rings (SSSR count). The van der Waals surface area contributed by atoms with Gasteiger partial charge in [-0.1, -0.05) is 24.6 Å². The summed E-state index contributed by atoms with van der Waals surface area (Å²) >= 11 is 0. The van der Waals surface area contributed by atoms with Crippen molar-refractivity contribution in [1.82, 2.24) is 10.6 Å². The fourth-order valence-corrected chi connectivity index (χ4v) is 4.18. The van der Waals surface area contributed by atoms with E-state index in [1.165, 1.54) is 30.5 Å². The Morgan fingerprint density at radius 3 is 2.74 bits per heavy atom. The van der Waals surface area contributed by atoms with Crippen LogP contribution in [0.25, 0.3) is 0 Å². The second kappa shape index (κ2) is 10.5. The number of anilines is 1. The lowest BCUT2D eigenvalue weighted by molar-refractivity contribution is 0.0732. The van der Waals surface area contributed by atoms with Gasteiger partial charge >= 0.3 is 0 Å². The molecule has 0 bridgehead atoms. The van der Waals surface area contributed by atoms with Gasteiger partial charge in [-0.3, -0.25) is 4.99 Å². The summed E-state index contributed by atoms with van der Waals surface area (Å²) in [6, 6.07) is 9.19. The summed E-state index contributed by atoms with van der Waals surface area (Å²) in [5.74, 6) is 0.910. The summed E-state index contributed by atoms with van der Waals surface area (Å²) < 4.78 is 5.29. The van der Waals surface area contributed by atoms with Crippen molar-refractivity contribution in [1.29, 1.82) is 0 Å². The Labute approximate surface area is 181 Å².